The second-order valence-electron chi connectivity index (χ2n) is 2.00. The van der Waals surface area contributed by atoms with Crippen molar-refractivity contribution in [2.24, 2.45) is 0 Å². The van der Waals surface area contributed by atoms with Gasteiger partial charge in [0.2, 0.25) is 5.78 Å². The second-order valence-corrected chi connectivity index (χ2v) is 3.28. The first kappa shape index (κ1) is 11.2. The number of hydrogen-bond donors (Lipinski definition) is 0. The molecule has 0 N–H and O–H groups in total. The molecule has 0 bridgehead atoms. The highest BCUT2D eigenvalue weighted by Gasteiger charge is 2.13. The lowest BCUT2D eigenvalue weighted by Gasteiger charge is -1.96. The topological polar surface area (TPSA) is 60.4 Å². The van der Waals surface area contributed by atoms with Crippen LogP contribution in [-0.2, 0) is 19.1 Å². The molecule has 0 saturated carbocycles. The SMILES string of the molecule is COC(=O)C(=O)CCSC(C)=O. The van der Waals surface area contributed by atoms with Gasteiger partial charge in [-0.1, -0.05) is 11.8 Å². The Labute approximate surface area is 74.7 Å². The van der Waals surface area contributed by atoms with E-state index in [2.05, 4.69) is 4.74 Å². The van der Waals surface area contributed by atoms with Gasteiger partial charge >= 0.3 is 5.97 Å². The Morgan fingerprint density at radius 2 is 1.92 bits per heavy atom. The fourth-order valence-electron chi connectivity index (χ4n) is 0.503. The number of carbonyl (C=O) groups excluding carboxylic acids is 3. The molecule has 0 aromatic heterocycles. The van der Waals surface area contributed by atoms with E-state index < -0.39 is 11.8 Å². The van der Waals surface area contributed by atoms with Crippen molar-refractivity contribution in [3.8, 4) is 0 Å². The van der Waals surface area contributed by atoms with Crippen LogP contribution in [0.25, 0.3) is 0 Å². The van der Waals surface area contributed by atoms with Crippen LogP contribution >= 0.6 is 11.8 Å². The van der Waals surface area contributed by atoms with Crippen molar-refractivity contribution in [2.75, 3.05) is 12.9 Å². The van der Waals surface area contributed by atoms with E-state index in [-0.39, 0.29) is 11.5 Å². The molecule has 0 aromatic rings. The molecule has 0 radical (unpaired) electrons. The van der Waals surface area contributed by atoms with E-state index in [1.807, 2.05) is 0 Å². The molecule has 4 nitrogen and oxygen atoms in total. The number of thioether (sulfide) groups is 1. The highest BCUT2D eigenvalue weighted by atomic mass is 32.2. The van der Waals surface area contributed by atoms with Gasteiger partial charge in [0.25, 0.3) is 0 Å². The van der Waals surface area contributed by atoms with E-state index >= 15 is 0 Å². The average molecular weight is 190 g/mol. The van der Waals surface area contributed by atoms with E-state index in [9.17, 15) is 14.4 Å². The summed E-state index contributed by atoms with van der Waals surface area (Å²) in [5.41, 5.74) is 0. The quantitative estimate of drug-likeness (QED) is 0.474. The highest BCUT2D eigenvalue weighted by molar-refractivity contribution is 8.13. The zero-order valence-corrected chi connectivity index (χ0v) is 7.77. The van der Waals surface area contributed by atoms with Crippen LogP contribution in [0.15, 0.2) is 0 Å². The molecule has 0 rings (SSSR count). The van der Waals surface area contributed by atoms with Gasteiger partial charge in [0.15, 0.2) is 5.12 Å². The molecule has 0 heterocycles. The third-order valence-electron chi connectivity index (χ3n) is 1.05. The van der Waals surface area contributed by atoms with Crippen LogP contribution in [0.3, 0.4) is 0 Å². The van der Waals surface area contributed by atoms with Crippen molar-refractivity contribution in [3.05, 3.63) is 0 Å². The minimum Gasteiger partial charge on any atom is -0.463 e. The van der Waals surface area contributed by atoms with Gasteiger partial charge in [-0.15, -0.1) is 0 Å². The highest BCUT2D eigenvalue weighted by Crippen LogP contribution is 2.03. The minimum absolute atomic E-state index is 0.0525. The summed E-state index contributed by atoms with van der Waals surface area (Å²) in [6, 6.07) is 0. The fourth-order valence-corrected chi connectivity index (χ4v) is 1.08. The summed E-state index contributed by atoms with van der Waals surface area (Å²) in [4.78, 5) is 31.7. The first-order valence-electron chi connectivity index (χ1n) is 3.32. The lowest BCUT2D eigenvalue weighted by atomic mass is 10.3. The van der Waals surface area contributed by atoms with Crippen LogP contribution in [0.1, 0.15) is 13.3 Å². The summed E-state index contributed by atoms with van der Waals surface area (Å²) in [6.07, 6.45) is 0.0525. The van der Waals surface area contributed by atoms with Gasteiger partial charge in [-0.05, 0) is 0 Å². The third kappa shape index (κ3) is 4.90. The second kappa shape index (κ2) is 5.77. The summed E-state index contributed by atoms with van der Waals surface area (Å²) in [7, 11) is 1.15. The van der Waals surface area contributed by atoms with Gasteiger partial charge in [-0.2, -0.15) is 0 Å². The van der Waals surface area contributed by atoms with Gasteiger partial charge in [0.05, 0.1) is 7.11 Å². The molecule has 0 aliphatic carbocycles. The molecule has 12 heavy (non-hydrogen) atoms. The number of rotatable bonds is 4. The number of esters is 1. The molecular formula is C7H10O4S. The van der Waals surface area contributed by atoms with E-state index in [1.165, 1.54) is 6.92 Å². The summed E-state index contributed by atoms with van der Waals surface area (Å²) in [6.45, 7) is 1.41. The zero-order valence-electron chi connectivity index (χ0n) is 6.96. The number of methoxy groups -OCH3 is 1. The molecule has 68 valence electrons. The Balaban J connectivity index is 3.58. The van der Waals surface area contributed by atoms with Crippen LogP contribution in [0.5, 0.6) is 0 Å². The first-order valence-corrected chi connectivity index (χ1v) is 4.31. The largest absolute Gasteiger partial charge is 0.463 e. The Morgan fingerprint density at radius 1 is 1.33 bits per heavy atom. The predicted molar refractivity (Wildman–Crippen MR) is 44.8 cm³/mol. The number of ketones is 1. The molecule has 5 heteroatoms. The Kier molecular flexibility index (Phi) is 5.36. The summed E-state index contributed by atoms with van der Waals surface area (Å²) >= 11 is 1.02. The normalized spacial score (nSPS) is 9.17. The van der Waals surface area contributed by atoms with Crippen molar-refractivity contribution in [2.45, 2.75) is 13.3 Å². The Bertz CT molecular complexity index is 200. The van der Waals surface area contributed by atoms with Crippen LogP contribution in [0, 0.1) is 0 Å². The van der Waals surface area contributed by atoms with Gasteiger partial charge < -0.3 is 4.74 Å². The summed E-state index contributed by atoms with van der Waals surface area (Å²) < 4.78 is 4.19. The molecule has 0 saturated heterocycles. The number of Topliss-reactive ketones (excluding diaryl/α,β-unsaturated/α-hetero) is 1. The molecule has 0 unspecified atom stereocenters. The standard InChI is InChI=1S/C7H10O4S/c1-5(8)12-4-3-6(9)7(10)11-2/h3-4H2,1-2H3. The number of ether oxygens (including phenoxy) is 1. The van der Waals surface area contributed by atoms with Crippen molar-refractivity contribution in [1.82, 2.24) is 0 Å². The third-order valence-corrected chi connectivity index (χ3v) is 1.86. The van der Waals surface area contributed by atoms with E-state index in [0.29, 0.717) is 5.75 Å². The maximum Gasteiger partial charge on any atom is 0.374 e. The summed E-state index contributed by atoms with van der Waals surface area (Å²) in [5, 5.41) is -0.0623. The number of carbonyl (C=O) groups is 3. The maximum absolute atomic E-state index is 10.8. The summed E-state index contributed by atoms with van der Waals surface area (Å²) in [5.74, 6) is -1.10. The molecule has 0 amide bonds. The predicted octanol–water partition coefficient (Wildman–Crippen LogP) is 0.398. The Hall–Kier alpha value is -0.840. The average Bonchev–Trinajstić information content (AvgIpc) is 2.02. The maximum atomic E-state index is 10.8. The molecule has 0 atom stereocenters. The van der Waals surface area contributed by atoms with E-state index in [1.54, 1.807) is 0 Å². The van der Waals surface area contributed by atoms with Crippen LogP contribution in [-0.4, -0.2) is 29.7 Å². The fraction of sp³-hybridized carbons (Fsp3) is 0.571. The molecule has 0 aliphatic rings. The van der Waals surface area contributed by atoms with Crippen molar-refractivity contribution >= 4 is 28.6 Å². The van der Waals surface area contributed by atoms with Crippen molar-refractivity contribution in [3.63, 3.8) is 0 Å². The lowest BCUT2D eigenvalue weighted by Crippen LogP contribution is -2.16. The van der Waals surface area contributed by atoms with E-state index in [0.717, 1.165) is 18.9 Å². The van der Waals surface area contributed by atoms with Gasteiger partial charge in [-0.25, -0.2) is 4.79 Å². The number of hydrogen-bond acceptors (Lipinski definition) is 5. The monoisotopic (exact) mass is 190 g/mol. The van der Waals surface area contributed by atoms with E-state index in [4.69, 9.17) is 0 Å². The minimum atomic E-state index is -0.848. The smallest absolute Gasteiger partial charge is 0.374 e. The molecule has 0 fully saturated rings. The zero-order chi connectivity index (χ0) is 9.56. The van der Waals surface area contributed by atoms with Crippen molar-refractivity contribution in [1.29, 1.82) is 0 Å². The lowest BCUT2D eigenvalue weighted by molar-refractivity contribution is -0.151. The van der Waals surface area contributed by atoms with Crippen molar-refractivity contribution < 1.29 is 19.1 Å². The van der Waals surface area contributed by atoms with Gasteiger partial charge in [-0.3, -0.25) is 9.59 Å². The molecular weight excluding hydrogens is 180 g/mol. The molecule has 0 spiro atoms. The van der Waals surface area contributed by atoms with Crippen LogP contribution in [0.2, 0.25) is 0 Å². The van der Waals surface area contributed by atoms with Crippen LogP contribution < -0.4 is 0 Å². The molecule has 0 aromatic carbocycles. The Morgan fingerprint density at radius 3 is 2.33 bits per heavy atom. The van der Waals surface area contributed by atoms with Gasteiger partial charge in [0, 0.05) is 19.1 Å². The first-order chi connectivity index (χ1) is 5.57. The molecule has 0 aliphatic heterocycles. The van der Waals surface area contributed by atoms with Crippen LogP contribution in [0.4, 0.5) is 0 Å². The van der Waals surface area contributed by atoms with Gasteiger partial charge in [0.1, 0.15) is 0 Å².